The molecule has 0 radical (unpaired) electrons. The monoisotopic (exact) mass is 212 g/mol. The Labute approximate surface area is 89.4 Å². The predicted molar refractivity (Wildman–Crippen MR) is 59.2 cm³/mol. The van der Waals surface area contributed by atoms with E-state index in [0.29, 0.717) is 5.02 Å². The highest BCUT2D eigenvalue weighted by Gasteiger charge is 1.99. The van der Waals surface area contributed by atoms with E-state index in [2.05, 4.69) is 6.58 Å². The second-order valence-electron chi connectivity index (χ2n) is 3.59. The number of hydrogen-bond donors (Lipinski definition) is 0. The molecule has 0 fully saturated rings. The summed E-state index contributed by atoms with van der Waals surface area (Å²) in [4.78, 5) is 0. The molecule has 1 aromatic rings. The lowest BCUT2D eigenvalue weighted by atomic mass is 10.1. The second kappa shape index (κ2) is 5.16. The molecule has 0 aliphatic heterocycles. The summed E-state index contributed by atoms with van der Waals surface area (Å²) in [6.45, 7) is 5.82. The maximum atomic E-state index is 12.9. The van der Waals surface area contributed by atoms with Gasteiger partial charge in [-0.25, -0.2) is 4.39 Å². The van der Waals surface area contributed by atoms with E-state index >= 15 is 0 Å². The fourth-order valence-corrected chi connectivity index (χ4v) is 1.59. The first-order valence-electron chi connectivity index (χ1n) is 4.67. The van der Waals surface area contributed by atoms with Crippen molar-refractivity contribution in [1.29, 1.82) is 0 Å². The van der Waals surface area contributed by atoms with Crippen molar-refractivity contribution in [2.24, 2.45) is 0 Å². The van der Waals surface area contributed by atoms with E-state index in [1.54, 1.807) is 0 Å². The Bertz CT molecular complexity index is 311. The zero-order valence-electron chi connectivity index (χ0n) is 8.32. The van der Waals surface area contributed by atoms with Crippen molar-refractivity contribution >= 4 is 11.6 Å². The molecule has 0 N–H and O–H groups in total. The third kappa shape index (κ3) is 3.93. The van der Waals surface area contributed by atoms with Crippen molar-refractivity contribution in [3.63, 3.8) is 0 Å². The van der Waals surface area contributed by atoms with Crippen molar-refractivity contribution in [3.8, 4) is 0 Å². The van der Waals surface area contributed by atoms with Crippen molar-refractivity contribution in [1.82, 2.24) is 0 Å². The van der Waals surface area contributed by atoms with Gasteiger partial charge >= 0.3 is 0 Å². The Morgan fingerprint density at radius 3 is 2.71 bits per heavy atom. The Morgan fingerprint density at radius 1 is 1.43 bits per heavy atom. The molecule has 0 unspecified atom stereocenters. The van der Waals surface area contributed by atoms with E-state index in [4.69, 9.17) is 11.6 Å². The molecule has 0 saturated heterocycles. The molecule has 0 saturated carbocycles. The summed E-state index contributed by atoms with van der Waals surface area (Å²) in [6, 6.07) is 4.66. The average Bonchev–Trinajstić information content (AvgIpc) is 2.01. The largest absolute Gasteiger partial charge is 0.207 e. The zero-order valence-corrected chi connectivity index (χ0v) is 9.07. The summed E-state index contributed by atoms with van der Waals surface area (Å²) < 4.78 is 12.9. The van der Waals surface area contributed by atoms with Gasteiger partial charge < -0.3 is 0 Å². The van der Waals surface area contributed by atoms with Gasteiger partial charge in [-0.15, -0.1) is 6.58 Å². The maximum absolute atomic E-state index is 12.9. The molecule has 76 valence electrons. The van der Waals surface area contributed by atoms with Crippen LogP contribution in [0.15, 0.2) is 30.4 Å². The standard InChI is InChI=1S/C12H14ClF/c1-9(2)4-3-5-10-6-11(13)8-12(14)7-10/h6-8H,1,3-5H2,2H3. The normalized spacial score (nSPS) is 10.2. The summed E-state index contributed by atoms with van der Waals surface area (Å²) in [7, 11) is 0. The lowest BCUT2D eigenvalue weighted by Gasteiger charge is -2.02. The van der Waals surface area contributed by atoms with Gasteiger partial charge in [-0.3, -0.25) is 0 Å². The molecular weight excluding hydrogens is 199 g/mol. The third-order valence-corrected chi connectivity index (χ3v) is 2.21. The molecule has 1 rings (SSSR count). The van der Waals surface area contributed by atoms with Crippen LogP contribution < -0.4 is 0 Å². The van der Waals surface area contributed by atoms with Gasteiger partial charge in [-0.05, 0) is 49.9 Å². The Morgan fingerprint density at radius 2 is 2.14 bits per heavy atom. The maximum Gasteiger partial charge on any atom is 0.124 e. The third-order valence-electron chi connectivity index (χ3n) is 1.99. The molecule has 0 atom stereocenters. The van der Waals surface area contributed by atoms with Crippen molar-refractivity contribution < 1.29 is 4.39 Å². The van der Waals surface area contributed by atoms with Crippen molar-refractivity contribution in [2.45, 2.75) is 26.2 Å². The number of aryl methyl sites for hydroxylation is 1. The first-order chi connectivity index (χ1) is 6.58. The number of benzene rings is 1. The first kappa shape index (κ1) is 11.3. The summed E-state index contributed by atoms with van der Waals surface area (Å²) in [5.41, 5.74) is 2.11. The highest BCUT2D eigenvalue weighted by atomic mass is 35.5. The summed E-state index contributed by atoms with van der Waals surface area (Å²) >= 11 is 5.73. The van der Waals surface area contributed by atoms with Gasteiger partial charge in [-0.2, -0.15) is 0 Å². The number of halogens is 2. The van der Waals surface area contributed by atoms with E-state index in [0.717, 1.165) is 30.4 Å². The number of hydrogen-bond acceptors (Lipinski definition) is 0. The van der Waals surface area contributed by atoms with Crippen LogP contribution in [-0.2, 0) is 6.42 Å². The Kier molecular flexibility index (Phi) is 4.15. The molecule has 0 nitrogen and oxygen atoms in total. The van der Waals surface area contributed by atoms with Gasteiger partial charge in [0.05, 0.1) is 0 Å². The molecule has 0 bridgehead atoms. The van der Waals surface area contributed by atoms with E-state index < -0.39 is 0 Å². The van der Waals surface area contributed by atoms with Crippen LogP contribution in [0.25, 0.3) is 0 Å². The Balaban J connectivity index is 2.54. The zero-order chi connectivity index (χ0) is 10.6. The van der Waals surface area contributed by atoms with Gasteiger partial charge in [0.15, 0.2) is 0 Å². The number of allylic oxidation sites excluding steroid dienone is 1. The van der Waals surface area contributed by atoms with Gasteiger partial charge in [-0.1, -0.05) is 17.2 Å². The van der Waals surface area contributed by atoms with Crippen LogP contribution in [0.3, 0.4) is 0 Å². The number of rotatable bonds is 4. The van der Waals surface area contributed by atoms with E-state index in [1.807, 2.05) is 13.0 Å². The first-order valence-corrected chi connectivity index (χ1v) is 5.05. The van der Waals surface area contributed by atoms with E-state index in [9.17, 15) is 4.39 Å². The summed E-state index contributed by atoms with van der Waals surface area (Å²) in [6.07, 6.45) is 2.83. The van der Waals surface area contributed by atoms with Gasteiger partial charge in [0.2, 0.25) is 0 Å². The van der Waals surface area contributed by atoms with Gasteiger partial charge in [0.25, 0.3) is 0 Å². The molecule has 0 spiro atoms. The quantitative estimate of drug-likeness (QED) is 0.650. The summed E-state index contributed by atoms with van der Waals surface area (Å²) in [5, 5.41) is 0.468. The highest BCUT2D eigenvalue weighted by Crippen LogP contribution is 2.16. The molecule has 2 heteroatoms. The molecule has 1 aromatic carbocycles. The van der Waals surface area contributed by atoms with Crippen LogP contribution in [0.2, 0.25) is 5.02 Å². The van der Waals surface area contributed by atoms with Crippen LogP contribution in [-0.4, -0.2) is 0 Å². The topological polar surface area (TPSA) is 0 Å². The highest BCUT2D eigenvalue weighted by molar-refractivity contribution is 6.30. The molecule has 0 heterocycles. The summed E-state index contributed by atoms with van der Waals surface area (Å²) in [5.74, 6) is -0.261. The minimum atomic E-state index is -0.261. The minimum Gasteiger partial charge on any atom is -0.207 e. The van der Waals surface area contributed by atoms with Crippen LogP contribution in [0.4, 0.5) is 4.39 Å². The van der Waals surface area contributed by atoms with Gasteiger partial charge in [0.1, 0.15) is 5.82 Å². The molecular formula is C12H14ClF. The smallest absolute Gasteiger partial charge is 0.124 e. The van der Waals surface area contributed by atoms with Crippen LogP contribution in [0, 0.1) is 5.82 Å². The SMILES string of the molecule is C=C(C)CCCc1cc(F)cc(Cl)c1. The molecule has 14 heavy (non-hydrogen) atoms. The average molecular weight is 213 g/mol. The molecule has 0 aromatic heterocycles. The molecule has 0 aliphatic rings. The Hall–Kier alpha value is -0.820. The fraction of sp³-hybridized carbons (Fsp3) is 0.333. The van der Waals surface area contributed by atoms with E-state index in [-0.39, 0.29) is 5.82 Å². The molecule has 0 aliphatic carbocycles. The van der Waals surface area contributed by atoms with Crippen LogP contribution >= 0.6 is 11.6 Å². The molecule has 0 amide bonds. The minimum absolute atomic E-state index is 0.261. The van der Waals surface area contributed by atoms with Crippen LogP contribution in [0.1, 0.15) is 25.3 Å². The second-order valence-corrected chi connectivity index (χ2v) is 4.02. The predicted octanol–water partition coefficient (Wildman–Crippen LogP) is 4.38. The fourth-order valence-electron chi connectivity index (χ4n) is 1.35. The van der Waals surface area contributed by atoms with Crippen LogP contribution in [0.5, 0.6) is 0 Å². The van der Waals surface area contributed by atoms with Gasteiger partial charge in [0, 0.05) is 5.02 Å². The van der Waals surface area contributed by atoms with Crippen molar-refractivity contribution in [3.05, 3.63) is 46.8 Å². The van der Waals surface area contributed by atoms with E-state index in [1.165, 1.54) is 12.1 Å². The lowest BCUT2D eigenvalue weighted by Crippen LogP contribution is -1.88. The van der Waals surface area contributed by atoms with Crippen molar-refractivity contribution in [2.75, 3.05) is 0 Å². The lowest BCUT2D eigenvalue weighted by molar-refractivity contribution is 0.624.